The molecule has 0 saturated carbocycles. The van der Waals surface area contributed by atoms with Gasteiger partial charge in [-0.1, -0.05) is 30.3 Å². The fraction of sp³-hybridized carbons (Fsp3) is 0.632. The number of guanidine groups is 1. The van der Waals surface area contributed by atoms with Gasteiger partial charge in [-0.15, -0.1) is 0 Å². The van der Waals surface area contributed by atoms with E-state index in [9.17, 15) is 5.11 Å². The second-order valence-corrected chi connectivity index (χ2v) is 7.01. The van der Waals surface area contributed by atoms with Crippen molar-refractivity contribution in [3.8, 4) is 0 Å². The van der Waals surface area contributed by atoms with Crippen LogP contribution in [0.3, 0.4) is 0 Å². The zero-order valence-electron chi connectivity index (χ0n) is 14.6. The molecule has 2 aliphatic heterocycles. The first-order chi connectivity index (χ1) is 11.7. The number of ether oxygens (including phenoxy) is 1. The lowest BCUT2D eigenvalue weighted by Gasteiger charge is -2.25. The molecule has 1 aromatic carbocycles. The fourth-order valence-corrected chi connectivity index (χ4v) is 3.66. The molecule has 0 amide bonds. The lowest BCUT2D eigenvalue weighted by Crippen LogP contribution is -2.42. The Morgan fingerprint density at radius 3 is 2.92 bits per heavy atom. The summed E-state index contributed by atoms with van der Waals surface area (Å²) in [5, 5.41) is 13.7. The third kappa shape index (κ3) is 4.28. The van der Waals surface area contributed by atoms with E-state index in [0.29, 0.717) is 18.4 Å². The van der Waals surface area contributed by atoms with E-state index in [0.717, 1.165) is 50.8 Å². The predicted molar refractivity (Wildman–Crippen MR) is 96.2 cm³/mol. The SMILES string of the molecule is CCNC(=NCC(O)Cc1ccccc1)N1CCC2(CCOC2)C1. The molecule has 3 rings (SSSR count). The first-order valence-electron chi connectivity index (χ1n) is 9.04. The second-order valence-electron chi connectivity index (χ2n) is 7.01. The molecule has 1 aromatic rings. The number of aliphatic hydroxyl groups is 1. The van der Waals surface area contributed by atoms with E-state index in [1.807, 2.05) is 30.3 Å². The van der Waals surface area contributed by atoms with Gasteiger partial charge >= 0.3 is 0 Å². The molecular formula is C19H29N3O2. The molecular weight excluding hydrogens is 302 g/mol. The average Bonchev–Trinajstić information content (AvgIpc) is 3.23. The maximum Gasteiger partial charge on any atom is 0.194 e. The Kier molecular flexibility index (Phi) is 5.74. The zero-order valence-corrected chi connectivity index (χ0v) is 14.6. The Labute approximate surface area is 144 Å². The smallest absolute Gasteiger partial charge is 0.194 e. The summed E-state index contributed by atoms with van der Waals surface area (Å²) in [4.78, 5) is 7.01. The van der Waals surface area contributed by atoms with Gasteiger partial charge in [0.15, 0.2) is 5.96 Å². The van der Waals surface area contributed by atoms with Crippen molar-refractivity contribution in [2.75, 3.05) is 39.4 Å². The summed E-state index contributed by atoms with van der Waals surface area (Å²) in [6, 6.07) is 10.1. The summed E-state index contributed by atoms with van der Waals surface area (Å²) in [7, 11) is 0. The van der Waals surface area contributed by atoms with Crippen molar-refractivity contribution in [1.82, 2.24) is 10.2 Å². The van der Waals surface area contributed by atoms with Crippen LogP contribution in [0.2, 0.25) is 0 Å². The van der Waals surface area contributed by atoms with Gasteiger partial charge < -0.3 is 20.1 Å². The van der Waals surface area contributed by atoms with Gasteiger partial charge in [0.2, 0.25) is 0 Å². The molecule has 0 bridgehead atoms. The van der Waals surface area contributed by atoms with Crippen LogP contribution in [0.25, 0.3) is 0 Å². The van der Waals surface area contributed by atoms with Crippen molar-refractivity contribution in [3.63, 3.8) is 0 Å². The minimum atomic E-state index is -0.451. The maximum absolute atomic E-state index is 10.3. The second kappa shape index (κ2) is 7.99. The van der Waals surface area contributed by atoms with Crippen molar-refractivity contribution in [3.05, 3.63) is 35.9 Å². The molecule has 2 heterocycles. The Hall–Kier alpha value is -1.59. The van der Waals surface area contributed by atoms with Crippen molar-refractivity contribution in [2.24, 2.45) is 10.4 Å². The number of aliphatic imine (C=N–C) groups is 1. The van der Waals surface area contributed by atoms with Gasteiger partial charge in [0.05, 0.1) is 19.3 Å². The summed E-state index contributed by atoms with van der Waals surface area (Å²) in [6.45, 7) is 7.14. The number of hydrogen-bond acceptors (Lipinski definition) is 3. The highest BCUT2D eigenvalue weighted by Gasteiger charge is 2.42. The Morgan fingerprint density at radius 1 is 1.38 bits per heavy atom. The normalized spacial score (nSPS) is 25.4. The molecule has 0 aliphatic carbocycles. The van der Waals surface area contributed by atoms with E-state index < -0.39 is 6.10 Å². The molecule has 2 fully saturated rings. The zero-order chi connectivity index (χ0) is 16.8. The summed E-state index contributed by atoms with van der Waals surface area (Å²) in [6.07, 6.45) is 2.51. The van der Waals surface area contributed by atoms with Crippen LogP contribution in [0.4, 0.5) is 0 Å². The molecule has 2 N–H and O–H groups in total. The van der Waals surface area contributed by atoms with Crippen LogP contribution in [0.5, 0.6) is 0 Å². The number of aliphatic hydroxyl groups excluding tert-OH is 1. The van der Waals surface area contributed by atoms with Crippen LogP contribution in [-0.2, 0) is 11.2 Å². The first-order valence-corrected chi connectivity index (χ1v) is 9.04. The van der Waals surface area contributed by atoms with Crippen molar-refractivity contribution >= 4 is 5.96 Å². The lowest BCUT2D eigenvalue weighted by atomic mass is 9.87. The van der Waals surface area contributed by atoms with Crippen LogP contribution < -0.4 is 5.32 Å². The summed E-state index contributed by atoms with van der Waals surface area (Å²) in [5.74, 6) is 0.924. The monoisotopic (exact) mass is 331 g/mol. The largest absolute Gasteiger partial charge is 0.391 e. The topological polar surface area (TPSA) is 57.1 Å². The van der Waals surface area contributed by atoms with Crippen LogP contribution in [0.15, 0.2) is 35.3 Å². The molecule has 5 heteroatoms. The van der Waals surface area contributed by atoms with Crippen LogP contribution in [0, 0.1) is 5.41 Å². The van der Waals surface area contributed by atoms with Crippen LogP contribution >= 0.6 is 0 Å². The van der Waals surface area contributed by atoms with Gasteiger partial charge in [-0.25, -0.2) is 0 Å². The maximum atomic E-state index is 10.3. The van der Waals surface area contributed by atoms with Gasteiger partial charge in [0.25, 0.3) is 0 Å². The Bertz CT molecular complexity index is 541. The van der Waals surface area contributed by atoms with Gasteiger partial charge in [0.1, 0.15) is 0 Å². The van der Waals surface area contributed by atoms with Crippen LogP contribution in [0.1, 0.15) is 25.3 Å². The summed E-state index contributed by atoms with van der Waals surface area (Å²) < 4.78 is 5.61. The lowest BCUT2D eigenvalue weighted by molar-refractivity contribution is 0.156. The molecule has 132 valence electrons. The van der Waals surface area contributed by atoms with Gasteiger partial charge in [0, 0.05) is 38.1 Å². The number of rotatable bonds is 5. The molecule has 2 aliphatic rings. The first kappa shape index (κ1) is 17.2. The standard InChI is InChI=1S/C19H29N3O2/c1-2-20-18(22-10-8-19(14-22)9-11-24-15-19)21-13-17(23)12-16-6-4-3-5-7-16/h3-7,17,23H,2,8-15H2,1H3,(H,20,21). The van der Waals surface area contributed by atoms with Crippen molar-refractivity contribution in [2.45, 2.75) is 32.3 Å². The Morgan fingerprint density at radius 2 is 2.21 bits per heavy atom. The van der Waals surface area contributed by atoms with Gasteiger partial charge in [-0.05, 0) is 25.3 Å². The van der Waals surface area contributed by atoms with E-state index in [4.69, 9.17) is 4.74 Å². The molecule has 1 spiro atoms. The molecule has 2 atom stereocenters. The molecule has 24 heavy (non-hydrogen) atoms. The number of hydrogen-bond donors (Lipinski definition) is 2. The van der Waals surface area contributed by atoms with Crippen molar-refractivity contribution in [1.29, 1.82) is 0 Å². The third-order valence-electron chi connectivity index (χ3n) is 5.02. The van der Waals surface area contributed by atoms with Crippen LogP contribution in [-0.4, -0.2) is 61.5 Å². The Balaban J connectivity index is 1.57. The predicted octanol–water partition coefficient (Wildman–Crippen LogP) is 1.67. The van der Waals surface area contributed by atoms with E-state index in [1.54, 1.807) is 0 Å². The third-order valence-corrected chi connectivity index (χ3v) is 5.02. The number of nitrogens with zero attached hydrogens (tertiary/aromatic N) is 2. The number of nitrogens with one attached hydrogen (secondary N) is 1. The molecule has 2 saturated heterocycles. The molecule has 0 aromatic heterocycles. The minimum Gasteiger partial charge on any atom is -0.391 e. The highest BCUT2D eigenvalue weighted by Crippen LogP contribution is 2.38. The van der Waals surface area contributed by atoms with Gasteiger partial charge in [-0.2, -0.15) is 0 Å². The fourth-order valence-electron chi connectivity index (χ4n) is 3.66. The van der Waals surface area contributed by atoms with Gasteiger partial charge in [-0.3, -0.25) is 4.99 Å². The van der Waals surface area contributed by atoms with E-state index in [1.165, 1.54) is 6.42 Å². The quantitative estimate of drug-likeness (QED) is 0.636. The van der Waals surface area contributed by atoms with E-state index in [2.05, 4.69) is 22.1 Å². The minimum absolute atomic E-state index is 0.318. The van der Waals surface area contributed by atoms with Crippen molar-refractivity contribution < 1.29 is 9.84 Å². The molecule has 2 unspecified atom stereocenters. The summed E-state index contributed by atoms with van der Waals surface area (Å²) in [5.41, 5.74) is 1.46. The average molecular weight is 331 g/mol. The van der Waals surface area contributed by atoms with E-state index >= 15 is 0 Å². The number of likely N-dealkylation sites (tertiary alicyclic amines) is 1. The molecule has 0 radical (unpaired) electrons. The molecule has 5 nitrogen and oxygen atoms in total. The number of benzene rings is 1. The van der Waals surface area contributed by atoms with E-state index in [-0.39, 0.29) is 0 Å². The highest BCUT2D eigenvalue weighted by atomic mass is 16.5. The summed E-state index contributed by atoms with van der Waals surface area (Å²) >= 11 is 0. The highest BCUT2D eigenvalue weighted by molar-refractivity contribution is 5.80.